The minimum Gasteiger partial charge on any atom is -0.480 e. The molecule has 98 heavy (non-hydrogen) atoms. The van der Waals surface area contributed by atoms with Gasteiger partial charge >= 0.3 is 12.1 Å². The fraction of sp³-hybridized carbons (Fsp3) is 0.616. The number of piperidine rings is 1. The van der Waals surface area contributed by atoms with Crippen LogP contribution in [0.5, 0.6) is 0 Å². The Morgan fingerprint density at radius 2 is 1.50 bits per heavy atom. The average Bonchev–Trinajstić information content (AvgIpc) is 1.45. The number of nitrogens with zero attached hydrogens (tertiary/aromatic N) is 7. The van der Waals surface area contributed by atoms with Crippen LogP contribution in [0.1, 0.15) is 150 Å². The standard InChI is InChI=1S/C73H97N9O16/c1-8-27-73(94)28-26-55-52-22-18-48-42-50(83)21-23-51(48)63(52)54(43-72(55,73)5)47-16-19-49(20-17-47)76(6)30-10-15-61(85)80-34-32-78(46-62(86)87)44-58(80)68(91)81-35-33-79(70(93)98-71(2,3)4)45-59(81)67(90)77(7)31-12-37-96-39-41-97-40-38-95-36-11-29-74-56-14-9-13-53-64(56)69(92)82(66(53)89)57-24-25-60(84)75-65(57)88/h9,13-14,16-17,19-20,42,52,54-55,57-59,74,94H,10-12,15,18,21-26,28-41,43-46H2,1-7H3,(H,86,87)(H,75,84,88)/t52-,54+,55-,57?,58?,59?,72-,73-/m0/s1. The molecule has 3 unspecified atom stereocenters. The highest BCUT2D eigenvalue weighted by Crippen LogP contribution is 2.66. The predicted molar refractivity (Wildman–Crippen MR) is 361 cm³/mol. The van der Waals surface area contributed by atoms with Gasteiger partial charge in [-0.05, 0) is 151 Å². The van der Waals surface area contributed by atoms with Gasteiger partial charge in [-0.1, -0.05) is 36.6 Å². The van der Waals surface area contributed by atoms with E-state index in [1.165, 1.54) is 36.3 Å². The van der Waals surface area contributed by atoms with Crippen LogP contribution in [-0.2, 0) is 52.5 Å². The van der Waals surface area contributed by atoms with Crippen LogP contribution in [0.2, 0.25) is 0 Å². The molecule has 4 N–H and O–H groups in total. The number of ketones is 1. The molecule has 25 nitrogen and oxygen atoms in total. The lowest BCUT2D eigenvalue weighted by Gasteiger charge is -2.53. The minimum absolute atomic E-state index is 0.0318. The van der Waals surface area contributed by atoms with Crippen LogP contribution in [0.3, 0.4) is 0 Å². The topological polar surface area (TPSA) is 295 Å². The number of aliphatic carboxylic acids is 1. The highest BCUT2D eigenvalue weighted by molar-refractivity contribution is 6.25. The third-order valence-electron chi connectivity index (χ3n) is 21.0. The molecule has 2 aromatic carbocycles. The molecule has 4 aliphatic heterocycles. The molecule has 25 heteroatoms. The maximum Gasteiger partial charge on any atom is 0.410 e. The molecule has 2 saturated carbocycles. The molecule has 0 aromatic heterocycles. The number of allylic oxidation sites excluding steroid dienone is 4. The van der Waals surface area contributed by atoms with Crippen LogP contribution in [0.15, 0.2) is 65.3 Å². The molecule has 0 bridgehead atoms. The Labute approximate surface area is 573 Å². The fourth-order valence-corrected chi connectivity index (χ4v) is 16.1. The van der Waals surface area contributed by atoms with Gasteiger partial charge in [0.2, 0.25) is 29.5 Å². The number of carbonyl (C=O) groups is 10. The third-order valence-corrected chi connectivity index (χ3v) is 21.0. The normalized spacial score (nSPS) is 25.6. The van der Waals surface area contributed by atoms with Gasteiger partial charge in [0.15, 0.2) is 5.78 Å². The highest BCUT2D eigenvalue weighted by Gasteiger charge is 2.63. The van der Waals surface area contributed by atoms with Crippen molar-refractivity contribution < 1.29 is 77.1 Å². The summed E-state index contributed by atoms with van der Waals surface area (Å²) < 4.78 is 23.0. The van der Waals surface area contributed by atoms with Crippen LogP contribution in [0, 0.1) is 29.1 Å². The van der Waals surface area contributed by atoms with E-state index in [1.807, 2.05) is 13.1 Å². The van der Waals surface area contributed by atoms with Gasteiger partial charge in [-0.3, -0.25) is 58.3 Å². The van der Waals surface area contributed by atoms with Crippen molar-refractivity contribution >= 4 is 70.6 Å². The smallest absolute Gasteiger partial charge is 0.410 e. The number of fused-ring (bicyclic) bond motifs is 5. The maximum absolute atomic E-state index is 15.1. The van der Waals surface area contributed by atoms with Gasteiger partial charge in [0.1, 0.15) is 29.3 Å². The van der Waals surface area contributed by atoms with E-state index in [9.17, 15) is 53.4 Å². The first-order valence-corrected chi connectivity index (χ1v) is 34.8. The van der Waals surface area contributed by atoms with Crippen molar-refractivity contribution in [2.24, 2.45) is 17.3 Å². The number of rotatable bonds is 26. The van der Waals surface area contributed by atoms with Gasteiger partial charge in [-0.2, -0.15) is 0 Å². The summed E-state index contributed by atoms with van der Waals surface area (Å²) in [6.45, 7) is 12.1. The highest BCUT2D eigenvalue weighted by atomic mass is 16.6. The number of likely N-dealkylation sites (N-methyl/N-ethyl adjacent to an activating group) is 1. The lowest BCUT2D eigenvalue weighted by molar-refractivity contribution is -0.157. The Morgan fingerprint density at radius 3 is 2.20 bits per heavy atom. The summed E-state index contributed by atoms with van der Waals surface area (Å²) in [6.07, 6.45) is 8.26. The monoisotopic (exact) mass is 1360 g/mol. The van der Waals surface area contributed by atoms with E-state index in [-0.39, 0.29) is 120 Å². The Morgan fingerprint density at radius 1 is 0.786 bits per heavy atom. The molecule has 3 saturated heterocycles. The summed E-state index contributed by atoms with van der Waals surface area (Å²) in [7, 11) is 3.59. The molecule has 0 spiro atoms. The maximum atomic E-state index is 15.1. The summed E-state index contributed by atoms with van der Waals surface area (Å²) >= 11 is 0. The molecular weight excluding hydrogens is 1260 g/mol. The van der Waals surface area contributed by atoms with Crippen LogP contribution < -0.4 is 15.5 Å². The molecule has 5 fully saturated rings. The largest absolute Gasteiger partial charge is 0.480 e. The Bertz CT molecular complexity index is 3520. The Hall–Kier alpha value is -8.02. The van der Waals surface area contributed by atoms with Crippen molar-refractivity contribution in [3.63, 3.8) is 0 Å². The van der Waals surface area contributed by atoms with E-state index in [1.54, 1.807) is 57.8 Å². The zero-order chi connectivity index (χ0) is 70.2. The van der Waals surface area contributed by atoms with Crippen molar-refractivity contribution in [1.82, 2.24) is 34.7 Å². The zero-order valence-corrected chi connectivity index (χ0v) is 57.8. The van der Waals surface area contributed by atoms with E-state index in [2.05, 4.69) is 58.6 Å². The first-order chi connectivity index (χ1) is 46.8. The van der Waals surface area contributed by atoms with Gasteiger partial charge in [-0.15, -0.1) is 5.92 Å². The van der Waals surface area contributed by atoms with Gasteiger partial charge in [0.05, 0.1) is 50.6 Å². The summed E-state index contributed by atoms with van der Waals surface area (Å²) in [6, 6.07) is 10.1. The molecule has 2 aromatic rings. The summed E-state index contributed by atoms with van der Waals surface area (Å²) in [5.74, 6) is 2.54. The SMILES string of the molecule is CC#C[C@]1(O)CC[C@H]2[C@@H]3CCC4=CC(=O)CCC4=C3[C@@H](c3ccc(N(C)CCCC(=O)N4CCN(CC(=O)O)CC4C(=O)N4CCN(C(=O)OC(C)(C)C)CC4C(=O)N(C)CCCOCCOCCOCCCNc4cccc5c4C(=O)N(C4CCC(=O)NC4=O)C5=O)cc3)C[C@@]21C. The van der Waals surface area contributed by atoms with Crippen LogP contribution in [0.4, 0.5) is 16.2 Å². The van der Waals surface area contributed by atoms with E-state index >= 15 is 4.79 Å². The number of benzene rings is 2. The second-order valence-corrected chi connectivity index (χ2v) is 28.5. The van der Waals surface area contributed by atoms with E-state index in [0.29, 0.717) is 82.5 Å². The van der Waals surface area contributed by atoms with Crippen molar-refractivity contribution in [2.45, 2.75) is 153 Å². The number of carboxylic acid groups (broad SMARTS) is 1. The number of nitrogens with one attached hydrogen (secondary N) is 2. The minimum atomic E-state index is -1.15. The number of carboxylic acids is 1. The van der Waals surface area contributed by atoms with Gasteiger partial charge < -0.3 is 59.0 Å². The van der Waals surface area contributed by atoms with E-state index in [4.69, 9.17) is 18.9 Å². The molecule has 4 heterocycles. The molecule has 4 aliphatic carbocycles. The molecular formula is C73H97N9O16. The third kappa shape index (κ3) is 16.2. The zero-order valence-electron chi connectivity index (χ0n) is 57.8. The van der Waals surface area contributed by atoms with Crippen molar-refractivity contribution in [2.75, 3.05) is 129 Å². The van der Waals surface area contributed by atoms with Gasteiger partial charge in [0.25, 0.3) is 11.8 Å². The van der Waals surface area contributed by atoms with Gasteiger partial charge in [0, 0.05) is 122 Å². The number of ether oxygens (including phenoxy) is 4. The number of aliphatic hydroxyl groups is 1. The molecule has 8 amide bonds. The van der Waals surface area contributed by atoms with Gasteiger partial charge in [-0.25, -0.2) is 4.79 Å². The summed E-state index contributed by atoms with van der Waals surface area (Å²) in [4.78, 5) is 144. The lowest BCUT2D eigenvalue weighted by Crippen LogP contribution is -2.67. The molecule has 8 aliphatic rings. The van der Waals surface area contributed by atoms with E-state index in [0.717, 1.165) is 48.3 Å². The number of carbonyl (C=O) groups excluding carboxylic acids is 9. The number of piperazine rings is 2. The Balaban J connectivity index is 0.692. The fourth-order valence-electron chi connectivity index (χ4n) is 16.1. The number of anilines is 2. The van der Waals surface area contributed by atoms with Crippen LogP contribution in [0.25, 0.3) is 0 Å². The molecule has 8 atom stereocenters. The van der Waals surface area contributed by atoms with Crippen LogP contribution >= 0.6 is 0 Å². The number of hydrogen-bond donors (Lipinski definition) is 4. The summed E-state index contributed by atoms with van der Waals surface area (Å²) in [5.41, 5.74) is 4.57. The van der Waals surface area contributed by atoms with Crippen LogP contribution in [-0.4, -0.2) is 247 Å². The average molecular weight is 1360 g/mol. The summed E-state index contributed by atoms with van der Waals surface area (Å²) in [5, 5.41) is 27.5. The first-order valence-electron chi connectivity index (χ1n) is 34.8. The second-order valence-electron chi connectivity index (χ2n) is 28.5. The second kappa shape index (κ2) is 31.5. The number of imide groups is 2. The van der Waals surface area contributed by atoms with E-state index < -0.39 is 82.2 Å². The Kier molecular flexibility index (Phi) is 23.3. The first kappa shape index (κ1) is 72.7. The van der Waals surface area contributed by atoms with Crippen molar-refractivity contribution in [1.29, 1.82) is 0 Å². The predicted octanol–water partition coefficient (Wildman–Crippen LogP) is 5.40. The molecule has 530 valence electrons. The molecule has 10 rings (SSSR count). The number of amides is 8. The number of hydrogen-bond acceptors (Lipinski definition) is 18. The molecule has 0 radical (unpaired) electrons. The van der Waals surface area contributed by atoms with Crippen molar-refractivity contribution in [3.8, 4) is 11.8 Å². The quantitative estimate of drug-likeness (QED) is 0.0520. The lowest BCUT2D eigenvalue weighted by atomic mass is 9.51. The van der Waals surface area contributed by atoms with Crippen molar-refractivity contribution in [3.05, 3.63) is 82.0 Å².